The fraction of sp³-hybridized carbons (Fsp3) is 0.355. The second-order valence-corrected chi connectivity index (χ2v) is 10.1. The molecule has 5 nitrogen and oxygen atoms in total. The third kappa shape index (κ3) is 4.93. The normalized spacial score (nSPS) is 20.6. The zero-order valence-corrected chi connectivity index (χ0v) is 21.5. The van der Waals surface area contributed by atoms with Crippen molar-refractivity contribution in [3.8, 4) is 23.0 Å². The molecule has 3 aromatic rings. The van der Waals surface area contributed by atoms with Crippen LogP contribution in [0.5, 0.6) is 23.0 Å². The summed E-state index contributed by atoms with van der Waals surface area (Å²) in [4.78, 5) is 2.51. The average molecular weight is 486 g/mol. The summed E-state index contributed by atoms with van der Waals surface area (Å²) in [6, 6.07) is 21.9. The van der Waals surface area contributed by atoms with Gasteiger partial charge in [-0.15, -0.1) is 0 Å². The molecule has 2 aliphatic heterocycles. The van der Waals surface area contributed by atoms with Crippen LogP contribution >= 0.6 is 0 Å². The lowest BCUT2D eigenvalue weighted by Crippen LogP contribution is -2.35. The highest BCUT2D eigenvalue weighted by Crippen LogP contribution is 2.47. The summed E-state index contributed by atoms with van der Waals surface area (Å²) in [5.74, 6) is 3.50. The number of hydrogen-bond donors (Lipinski definition) is 1. The summed E-state index contributed by atoms with van der Waals surface area (Å²) in [5.41, 5.74) is 5.27. The molecule has 1 saturated heterocycles. The summed E-state index contributed by atoms with van der Waals surface area (Å²) in [5, 5.41) is 9.85. The Bertz CT molecular complexity index is 1230. The molecule has 0 radical (unpaired) electrons. The monoisotopic (exact) mass is 485 g/mol. The first kappa shape index (κ1) is 24.3. The first-order chi connectivity index (χ1) is 17.4. The van der Waals surface area contributed by atoms with E-state index in [1.54, 1.807) is 19.2 Å². The highest BCUT2D eigenvalue weighted by Gasteiger charge is 2.30. The number of hydrogen-bond acceptors (Lipinski definition) is 5. The van der Waals surface area contributed by atoms with Gasteiger partial charge in [0.25, 0.3) is 0 Å². The molecule has 0 aliphatic carbocycles. The standard InChI is InChI=1S/C31H35NO4/c1-20-15-16-32(18-20)21(2)19-35-26-11-7-24(8-12-26)31-30(23-5-9-25(33)10-6-23)22(3)28-17-27(34-4)13-14-29(28)36-31/h5-14,17,20-21,31,33H,15-16,18-19H2,1-4H3. The number of fused-ring (bicyclic) bond motifs is 1. The molecule has 0 saturated carbocycles. The number of ether oxygens (including phenoxy) is 3. The Morgan fingerprint density at radius 1 is 1.03 bits per heavy atom. The van der Waals surface area contributed by atoms with Gasteiger partial charge in [0.15, 0.2) is 0 Å². The van der Waals surface area contributed by atoms with Crippen LogP contribution in [0.15, 0.2) is 66.7 Å². The maximum atomic E-state index is 9.85. The zero-order chi connectivity index (χ0) is 25.2. The number of likely N-dealkylation sites (tertiary alicyclic amines) is 1. The Kier molecular flexibility index (Phi) is 6.92. The molecule has 3 unspecified atom stereocenters. The number of benzene rings is 3. The van der Waals surface area contributed by atoms with Crippen LogP contribution in [0.4, 0.5) is 0 Å². The van der Waals surface area contributed by atoms with Crippen LogP contribution in [0.25, 0.3) is 11.1 Å². The van der Waals surface area contributed by atoms with Gasteiger partial charge in [0.05, 0.1) is 7.11 Å². The Morgan fingerprint density at radius 2 is 1.75 bits per heavy atom. The quantitative estimate of drug-likeness (QED) is 0.410. The Morgan fingerprint density at radius 3 is 2.42 bits per heavy atom. The first-order valence-electron chi connectivity index (χ1n) is 12.7. The second kappa shape index (κ2) is 10.3. The molecule has 2 heterocycles. The molecular weight excluding hydrogens is 450 g/mol. The lowest BCUT2D eigenvalue weighted by atomic mass is 9.86. The largest absolute Gasteiger partial charge is 0.508 e. The number of nitrogens with zero attached hydrogens (tertiary/aromatic N) is 1. The number of phenols is 1. The van der Waals surface area contributed by atoms with E-state index in [-0.39, 0.29) is 11.9 Å². The Hall–Kier alpha value is -3.44. The van der Waals surface area contributed by atoms with E-state index >= 15 is 0 Å². The number of aromatic hydroxyl groups is 1. The van der Waals surface area contributed by atoms with Crippen molar-refractivity contribution in [1.29, 1.82) is 0 Å². The highest BCUT2D eigenvalue weighted by molar-refractivity contribution is 5.95. The molecule has 5 heteroatoms. The van der Waals surface area contributed by atoms with Gasteiger partial charge in [-0.05, 0) is 91.9 Å². The van der Waals surface area contributed by atoms with Crippen LogP contribution in [-0.4, -0.2) is 42.9 Å². The van der Waals surface area contributed by atoms with Gasteiger partial charge in [0.2, 0.25) is 0 Å². The molecular formula is C31H35NO4. The summed E-state index contributed by atoms with van der Waals surface area (Å²) in [7, 11) is 1.67. The fourth-order valence-electron chi connectivity index (χ4n) is 5.23. The van der Waals surface area contributed by atoms with Gasteiger partial charge in [0.1, 0.15) is 35.7 Å². The minimum Gasteiger partial charge on any atom is -0.508 e. The molecule has 188 valence electrons. The van der Waals surface area contributed by atoms with Crippen LogP contribution in [0, 0.1) is 5.92 Å². The minimum absolute atomic E-state index is 0.242. The Balaban J connectivity index is 1.41. The van der Waals surface area contributed by atoms with E-state index in [0.29, 0.717) is 12.6 Å². The number of phenolic OH excluding ortho intramolecular Hbond substituents is 1. The molecule has 0 aromatic heterocycles. The maximum Gasteiger partial charge on any atom is 0.150 e. The predicted molar refractivity (Wildman–Crippen MR) is 144 cm³/mol. The van der Waals surface area contributed by atoms with E-state index in [9.17, 15) is 5.11 Å². The Labute approximate surface area is 213 Å². The molecule has 3 atom stereocenters. The van der Waals surface area contributed by atoms with Gasteiger partial charge in [0, 0.05) is 23.7 Å². The minimum atomic E-state index is -0.283. The van der Waals surface area contributed by atoms with Crippen molar-refractivity contribution in [2.24, 2.45) is 5.92 Å². The molecule has 36 heavy (non-hydrogen) atoms. The van der Waals surface area contributed by atoms with E-state index in [0.717, 1.165) is 64.1 Å². The van der Waals surface area contributed by atoms with Crippen molar-refractivity contribution in [1.82, 2.24) is 4.90 Å². The fourth-order valence-corrected chi connectivity index (χ4v) is 5.23. The topological polar surface area (TPSA) is 51.2 Å². The van der Waals surface area contributed by atoms with Crippen molar-refractivity contribution in [2.45, 2.75) is 39.3 Å². The van der Waals surface area contributed by atoms with Gasteiger partial charge in [-0.3, -0.25) is 4.90 Å². The first-order valence-corrected chi connectivity index (χ1v) is 12.7. The number of rotatable bonds is 7. The second-order valence-electron chi connectivity index (χ2n) is 10.1. The van der Waals surface area contributed by atoms with E-state index in [1.807, 2.05) is 42.5 Å². The van der Waals surface area contributed by atoms with E-state index in [4.69, 9.17) is 14.2 Å². The van der Waals surface area contributed by atoms with Gasteiger partial charge in [-0.1, -0.05) is 31.2 Å². The smallest absolute Gasteiger partial charge is 0.150 e. The van der Waals surface area contributed by atoms with Crippen LogP contribution in [0.1, 0.15) is 50.0 Å². The molecule has 0 amide bonds. The molecule has 0 spiro atoms. The average Bonchev–Trinajstić information content (AvgIpc) is 3.34. The summed E-state index contributed by atoms with van der Waals surface area (Å²) in [6.07, 6.45) is 0.988. The van der Waals surface area contributed by atoms with E-state index in [1.165, 1.54) is 6.42 Å². The molecule has 5 rings (SSSR count). The highest BCUT2D eigenvalue weighted by atomic mass is 16.5. The SMILES string of the molecule is COc1ccc2c(c1)C(C)=C(c1ccc(O)cc1)C(c1ccc(OCC(C)N3CCC(C)C3)cc1)O2. The van der Waals surface area contributed by atoms with E-state index < -0.39 is 0 Å². The molecule has 2 aliphatic rings. The zero-order valence-electron chi connectivity index (χ0n) is 21.5. The molecule has 1 N–H and O–H groups in total. The van der Waals surface area contributed by atoms with Crippen LogP contribution in [0.3, 0.4) is 0 Å². The number of allylic oxidation sites excluding steroid dienone is 1. The van der Waals surface area contributed by atoms with Crippen LogP contribution < -0.4 is 14.2 Å². The third-order valence-corrected chi connectivity index (χ3v) is 7.43. The molecule has 3 aromatic carbocycles. The third-order valence-electron chi connectivity index (χ3n) is 7.43. The van der Waals surface area contributed by atoms with Crippen molar-refractivity contribution >= 4 is 11.1 Å². The summed E-state index contributed by atoms with van der Waals surface area (Å²) < 4.78 is 18.2. The maximum absolute atomic E-state index is 9.85. The summed E-state index contributed by atoms with van der Waals surface area (Å²) in [6.45, 7) is 9.67. The van der Waals surface area contributed by atoms with Crippen molar-refractivity contribution < 1.29 is 19.3 Å². The van der Waals surface area contributed by atoms with Gasteiger partial charge < -0.3 is 19.3 Å². The van der Waals surface area contributed by atoms with Crippen molar-refractivity contribution in [3.05, 3.63) is 83.4 Å². The lowest BCUT2D eigenvalue weighted by Gasteiger charge is -2.31. The summed E-state index contributed by atoms with van der Waals surface area (Å²) >= 11 is 0. The lowest BCUT2D eigenvalue weighted by molar-refractivity contribution is 0.169. The predicted octanol–water partition coefficient (Wildman–Crippen LogP) is 6.57. The number of methoxy groups -OCH3 is 1. The van der Waals surface area contributed by atoms with Crippen LogP contribution in [0.2, 0.25) is 0 Å². The molecule has 1 fully saturated rings. The molecule has 0 bridgehead atoms. The van der Waals surface area contributed by atoms with E-state index in [2.05, 4.69) is 37.8 Å². The van der Waals surface area contributed by atoms with Gasteiger partial charge in [-0.2, -0.15) is 0 Å². The van der Waals surface area contributed by atoms with Crippen LogP contribution in [-0.2, 0) is 0 Å². The van der Waals surface area contributed by atoms with Crippen molar-refractivity contribution in [3.63, 3.8) is 0 Å². The van der Waals surface area contributed by atoms with Gasteiger partial charge in [-0.25, -0.2) is 0 Å². The van der Waals surface area contributed by atoms with Crippen molar-refractivity contribution in [2.75, 3.05) is 26.8 Å². The van der Waals surface area contributed by atoms with Gasteiger partial charge >= 0.3 is 0 Å².